The Morgan fingerprint density at radius 3 is 2.68 bits per heavy atom. The van der Waals surface area contributed by atoms with Crippen LogP contribution in [0.4, 0.5) is 11.5 Å². The van der Waals surface area contributed by atoms with Gasteiger partial charge in [0.2, 0.25) is 0 Å². The Kier molecular flexibility index (Phi) is 4.11. The van der Waals surface area contributed by atoms with E-state index in [9.17, 15) is 4.79 Å². The molecule has 0 aliphatic carbocycles. The third-order valence-electron chi connectivity index (χ3n) is 3.76. The fourth-order valence-electron chi connectivity index (χ4n) is 2.63. The van der Waals surface area contributed by atoms with E-state index < -0.39 is 0 Å². The van der Waals surface area contributed by atoms with Gasteiger partial charge in [0.05, 0.1) is 13.2 Å². The maximum absolute atomic E-state index is 12.3. The smallest absolute Gasteiger partial charge is 0.256 e. The molecule has 3 rings (SSSR count). The van der Waals surface area contributed by atoms with E-state index in [1.54, 1.807) is 6.07 Å². The highest BCUT2D eigenvalue weighted by Gasteiger charge is 2.15. The monoisotopic (exact) mass is 300 g/mol. The minimum Gasteiger partial charge on any atom is -0.378 e. The molecular weight excluding hydrogens is 280 g/mol. The van der Waals surface area contributed by atoms with Crippen molar-refractivity contribution in [3.8, 4) is 0 Å². The van der Waals surface area contributed by atoms with Gasteiger partial charge in [0.1, 0.15) is 0 Å². The summed E-state index contributed by atoms with van der Waals surface area (Å²) in [6.45, 7) is 7.20. The molecule has 2 heterocycles. The van der Waals surface area contributed by atoms with Gasteiger partial charge in [-0.1, -0.05) is 0 Å². The standard InChI is InChI=1S/C16H20N4O2/c1-11-9-13(16(21)17-15-10-12(2)18-19-15)3-4-14(11)20-5-7-22-8-6-20/h3-4,9-10H,5-8H2,1-2H3,(H2,17,18,19,21). The van der Waals surface area contributed by atoms with Gasteiger partial charge in [0.15, 0.2) is 5.82 Å². The van der Waals surface area contributed by atoms with E-state index in [2.05, 4.69) is 20.4 Å². The van der Waals surface area contributed by atoms with Gasteiger partial charge in [-0.25, -0.2) is 0 Å². The molecule has 2 N–H and O–H groups in total. The van der Waals surface area contributed by atoms with Crippen LogP contribution in [0.15, 0.2) is 24.3 Å². The largest absolute Gasteiger partial charge is 0.378 e. The van der Waals surface area contributed by atoms with Gasteiger partial charge in [-0.05, 0) is 37.6 Å². The van der Waals surface area contributed by atoms with Crippen LogP contribution >= 0.6 is 0 Å². The molecule has 0 atom stereocenters. The lowest BCUT2D eigenvalue weighted by Crippen LogP contribution is -2.36. The molecule has 0 bridgehead atoms. The second-order valence-corrected chi connectivity index (χ2v) is 5.49. The highest BCUT2D eigenvalue weighted by Crippen LogP contribution is 2.22. The van der Waals surface area contributed by atoms with Crippen molar-refractivity contribution in [3.05, 3.63) is 41.1 Å². The number of carbonyl (C=O) groups is 1. The highest BCUT2D eigenvalue weighted by molar-refractivity contribution is 6.04. The number of nitrogens with one attached hydrogen (secondary N) is 2. The fraction of sp³-hybridized carbons (Fsp3) is 0.375. The summed E-state index contributed by atoms with van der Waals surface area (Å²) in [7, 11) is 0. The van der Waals surface area contributed by atoms with Crippen LogP contribution in [-0.4, -0.2) is 42.4 Å². The molecule has 1 saturated heterocycles. The molecule has 116 valence electrons. The number of hydrogen-bond donors (Lipinski definition) is 2. The number of carbonyl (C=O) groups excluding carboxylic acids is 1. The van der Waals surface area contributed by atoms with Gasteiger partial charge in [0, 0.05) is 36.1 Å². The number of aromatic nitrogens is 2. The molecule has 2 aromatic rings. The zero-order valence-electron chi connectivity index (χ0n) is 12.8. The van der Waals surface area contributed by atoms with Crippen LogP contribution in [0.5, 0.6) is 0 Å². The predicted molar refractivity (Wildman–Crippen MR) is 85.5 cm³/mol. The second-order valence-electron chi connectivity index (χ2n) is 5.49. The molecule has 1 aliphatic rings. The van der Waals surface area contributed by atoms with Crippen LogP contribution in [0.1, 0.15) is 21.6 Å². The quantitative estimate of drug-likeness (QED) is 0.911. The molecule has 1 aromatic carbocycles. The first kappa shape index (κ1) is 14.6. The van der Waals surface area contributed by atoms with Gasteiger partial charge < -0.3 is 15.0 Å². The van der Waals surface area contributed by atoms with Crippen molar-refractivity contribution >= 4 is 17.4 Å². The number of hydrogen-bond acceptors (Lipinski definition) is 4. The van der Waals surface area contributed by atoms with Gasteiger partial charge in [0.25, 0.3) is 5.91 Å². The second kappa shape index (κ2) is 6.19. The zero-order chi connectivity index (χ0) is 15.5. The van der Waals surface area contributed by atoms with Crippen molar-refractivity contribution in [2.75, 3.05) is 36.5 Å². The van der Waals surface area contributed by atoms with Gasteiger partial charge in [-0.2, -0.15) is 5.10 Å². The fourth-order valence-corrected chi connectivity index (χ4v) is 2.63. The van der Waals surface area contributed by atoms with E-state index in [-0.39, 0.29) is 5.91 Å². The van der Waals surface area contributed by atoms with E-state index in [0.29, 0.717) is 11.4 Å². The first-order chi connectivity index (χ1) is 10.6. The molecular formula is C16H20N4O2. The summed E-state index contributed by atoms with van der Waals surface area (Å²) in [5, 5.41) is 9.61. The summed E-state index contributed by atoms with van der Waals surface area (Å²) in [5.74, 6) is 0.389. The van der Waals surface area contributed by atoms with E-state index >= 15 is 0 Å². The molecule has 0 unspecified atom stereocenters. The van der Waals surface area contributed by atoms with Crippen molar-refractivity contribution in [3.63, 3.8) is 0 Å². The topological polar surface area (TPSA) is 70.2 Å². The van der Waals surface area contributed by atoms with Gasteiger partial charge in [-0.15, -0.1) is 0 Å². The Morgan fingerprint density at radius 1 is 1.27 bits per heavy atom. The van der Waals surface area contributed by atoms with E-state index in [0.717, 1.165) is 43.2 Å². The molecule has 0 spiro atoms. The lowest BCUT2D eigenvalue weighted by Gasteiger charge is -2.30. The van der Waals surface area contributed by atoms with Gasteiger partial charge >= 0.3 is 0 Å². The minimum atomic E-state index is -0.150. The van der Waals surface area contributed by atoms with Crippen LogP contribution in [0.3, 0.4) is 0 Å². The maximum atomic E-state index is 12.3. The average molecular weight is 300 g/mol. The van der Waals surface area contributed by atoms with Crippen LogP contribution in [0.25, 0.3) is 0 Å². The van der Waals surface area contributed by atoms with E-state index in [1.165, 1.54) is 0 Å². The zero-order valence-corrected chi connectivity index (χ0v) is 12.8. The van der Waals surface area contributed by atoms with Crippen LogP contribution < -0.4 is 10.2 Å². The van der Waals surface area contributed by atoms with Crippen molar-refractivity contribution < 1.29 is 9.53 Å². The average Bonchev–Trinajstić information content (AvgIpc) is 2.93. The summed E-state index contributed by atoms with van der Waals surface area (Å²) in [6.07, 6.45) is 0. The van der Waals surface area contributed by atoms with Crippen LogP contribution in [-0.2, 0) is 4.74 Å². The molecule has 0 radical (unpaired) electrons. The number of anilines is 2. The molecule has 6 nitrogen and oxygen atoms in total. The number of amides is 1. The van der Waals surface area contributed by atoms with Crippen molar-refractivity contribution in [1.29, 1.82) is 0 Å². The molecule has 1 aromatic heterocycles. The molecule has 0 saturated carbocycles. The highest BCUT2D eigenvalue weighted by atomic mass is 16.5. The van der Waals surface area contributed by atoms with Crippen LogP contribution in [0.2, 0.25) is 0 Å². The van der Waals surface area contributed by atoms with Crippen molar-refractivity contribution in [1.82, 2.24) is 10.2 Å². The van der Waals surface area contributed by atoms with E-state index in [4.69, 9.17) is 4.74 Å². The summed E-state index contributed by atoms with van der Waals surface area (Å²) in [5.41, 5.74) is 3.80. The number of ether oxygens (including phenoxy) is 1. The lowest BCUT2D eigenvalue weighted by atomic mass is 10.1. The number of aryl methyl sites for hydroxylation is 2. The Morgan fingerprint density at radius 2 is 2.05 bits per heavy atom. The number of aromatic amines is 1. The first-order valence-electron chi connectivity index (χ1n) is 7.40. The minimum absolute atomic E-state index is 0.150. The molecule has 1 aliphatic heterocycles. The molecule has 1 amide bonds. The maximum Gasteiger partial charge on any atom is 0.256 e. The molecule has 1 fully saturated rings. The Labute approximate surface area is 129 Å². The lowest BCUT2D eigenvalue weighted by molar-refractivity contribution is 0.102. The third kappa shape index (κ3) is 3.12. The van der Waals surface area contributed by atoms with E-state index in [1.807, 2.05) is 32.0 Å². The number of morpholine rings is 1. The Hall–Kier alpha value is -2.34. The summed E-state index contributed by atoms with van der Waals surface area (Å²) in [6, 6.07) is 7.57. The molecule has 22 heavy (non-hydrogen) atoms. The number of nitrogens with zero attached hydrogens (tertiary/aromatic N) is 2. The molecule has 6 heteroatoms. The van der Waals surface area contributed by atoms with Crippen LogP contribution in [0, 0.1) is 13.8 Å². The summed E-state index contributed by atoms with van der Waals surface area (Å²) >= 11 is 0. The van der Waals surface area contributed by atoms with Crippen molar-refractivity contribution in [2.45, 2.75) is 13.8 Å². The normalized spacial score (nSPS) is 14.9. The first-order valence-corrected chi connectivity index (χ1v) is 7.40. The SMILES string of the molecule is Cc1cc(NC(=O)c2ccc(N3CCOCC3)c(C)c2)n[nH]1. The van der Waals surface area contributed by atoms with Crippen molar-refractivity contribution in [2.24, 2.45) is 0 Å². The number of H-pyrrole nitrogens is 1. The summed E-state index contributed by atoms with van der Waals surface area (Å²) < 4.78 is 5.38. The number of benzene rings is 1. The predicted octanol–water partition coefficient (Wildman–Crippen LogP) is 2.12. The Bertz CT molecular complexity index is 675. The van der Waals surface area contributed by atoms with Gasteiger partial charge in [-0.3, -0.25) is 9.89 Å². The third-order valence-corrected chi connectivity index (χ3v) is 3.76. The number of rotatable bonds is 3. The summed E-state index contributed by atoms with van der Waals surface area (Å²) in [4.78, 5) is 14.6. The Balaban J connectivity index is 1.74.